The number of pyridine rings is 1. The van der Waals surface area contributed by atoms with E-state index in [-0.39, 0.29) is 22.1 Å². The first-order chi connectivity index (χ1) is 13.9. The van der Waals surface area contributed by atoms with E-state index in [1.54, 1.807) is 5.38 Å². The fourth-order valence-corrected chi connectivity index (χ4v) is 6.34. The SMILES string of the molecule is O=C(Cc1csc(=O)s1)NC1C(=O)N2C(C(=O)[O-])=C(C[n+]3ccccc3)CSC12. The van der Waals surface area contributed by atoms with Gasteiger partial charge >= 0.3 is 0 Å². The van der Waals surface area contributed by atoms with Crippen LogP contribution in [0, 0.1) is 0 Å². The van der Waals surface area contributed by atoms with Crippen molar-refractivity contribution in [3.8, 4) is 0 Å². The van der Waals surface area contributed by atoms with Gasteiger partial charge in [-0.15, -0.1) is 11.8 Å². The van der Waals surface area contributed by atoms with Crippen molar-refractivity contribution in [2.24, 2.45) is 0 Å². The molecule has 0 aliphatic carbocycles. The molecule has 0 spiro atoms. The summed E-state index contributed by atoms with van der Waals surface area (Å²) in [4.78, 5) is 49.7. The Labute approximate surface area is 177 Å². The van der Waals surface area contributed by atoms with Gasteiger partial charge in [0.05, 0.1) is 18.1 Å². The number of aliphatic carboxylic acids is 1. The van der Waals surface area contributed by atoms with E-state index in [0.29, 0.717) is 22.7 Å². The van der Waals surface area contributed by atoms with E-state index in [1.165, 1.54) is 16.7 Å². The molecule has 2 aromatic rings. The highest BCUT2D eigenvalue weighted by Crippen LogP contribution is 2.40. The molecule has 0 saturated carbocycles. The minimum atomic E-state index is -1.40. The monoisotopic (exact) mass is 449 g/mol. The van der Waals surface area contributed by atoms with Crippen molar-refractivity contribution in [3.63, 3.8) is 0 Å². The molecule has 1 fully saturated rings. The summed E-state index contributed by atoms with van der Waals surface area (Å²) in [6, 6.07) is 4.74. The average molecular weight is 450 g/mol. The van der Waals surface area contributed by atoms with Crippen LogP contribution in [0.25, 0.3) is 0 Å². The van der Waals surface area contributed by atoms with Crippen molar-refractivity contribution in [2.75, 3.05) is 5.75 Å². The van der Waals surface area contributed by atoms with Gasteiger partial charge < -0.3 is 15.2 Å². The quantitative estimate of drug-likeness (QED) is 0.452. The van der Waals surface area contributed by atoms with E-state index in [1.807, 2.05) is 35.2 Å². The number of carbonyl (C=O) groups is 3. The van der Waals surface area contributed by atoms with Gasteiger partial charge in [0.25, 0.3) is 9.96 Å². The Morgan fingerprint density at radius 2 is 2.00 bits per heavy atom. The Kier molecular flexibility index (Phi) is 5.52. The number of amides is 2. The predicted molar refractivity (Wildman–Crippen MR) is 106 cm³/mol. The van der Waals surface area contributed by atoms with Gasteiger partial charge in [-0.3, -0.25) is 19.3 Å². The van der Waals surface area contributed by atoms with Crippen molar-refractivity contribution < 1.29 is 24.1 Å². The second-order valence-corrected chi connectivity index (χ2v) is 9.78. The fourth-order valence-electron chi connectivity index (χ4n) is 3.28. The zero-order chi connectivity index (χ0) is 20.5. The standard InChI is InChI=1S/C18H15N3O5S3/c22-12(6-11-9-28-18(26)29-11)19-13-15(23)21-14(17(24)25)10(8-27-16(13)21)7-20-4-2-1-3-5-20/h1-5,9,13,16H,6-8H2,(H-,19,22,24,25). The van der Waals surface area contributed by atoms with Crippen LogP contribution < -0.4 is 19.0 Å². The first-order valence-electron chi connectivity index (χ1n) is 8.63. The average Bonchev–Trinajstić information content (AvgIpc) is 3.10. The minimum Gasteiger partial charge on any atom is -0.543 e. The summed E-state index contributed by atoms with van der Waals surface area (Å²) >= 11 is 3.44. The van der Waals surface area contributed by atoms with Crippen molar-refractivity contribution in [1.29, 1.82) is 0 Å². The first-order valence-corrected chi connectivity index (χ1v) is 11.4. The van der Waals surface area contributed by atoms with Crippen LogP contribution in [-0.4, -0.2) is 39.9 Å². The van der Waals surface area contributed by atoms with Crippen LogP contribution >= 0.6 is 34.4 Å². The van der Waals surface area contributed by atoms with Gasteiger partial charge in [0, 0.05) is 33.7 Å². The lowest BCUT2D eigenvalue weighted by molar-refractivity contribution is -0.689. The van der Waals surface area contributed by atoms with E-state index in [4.69, 9.17) is 0 Å². The smallest absolute Gasteiger partial charge is 0.287 e. The number of nitrogens with one attached hydrogen (secondary N) is 1. The van der Waals surface area contributed by atoms with Gasteiger partial charge in [0.15, 0.2) is 18.9 Å². The summed E-state index contributed by atoms with van der Waals surface area (Å²) in [6.07, 6.45) is 3.65. The Bertz CT molecular complexity index is 1060. The van der Waals surface area contributed by atoms with Crippen molar-refractivity contribution in [1.82, 2.24) is 10.2 Å². The lowest BCUT2D eigenvalue weighted by Gasteiger charge is -2.50. The van der Waals surface area contributed by atoms with E-state index in [9.17, 15) is 24.3 Å². The number of fused-ring (bicyclic) bond motifs is 1. The third-order valence-corrected chi connectivity index (χ3v) is 7.86. The van der Waals surface area contributed by atoms with Crippen LogP contribution in [0.4, 0.5) is 0 Å². The largest absolute Gasteiger partial charge is 0.543 e. The van der Waals surface area contributed by atoms with Crippen LogP contribution in [0.1, 0.15) is 4.88 Å². The number of nitrogens with zero attached hydrogens (tertiary/aromatic N) is 2. The normalized spacial score (nSPS) is 20.8. The molecule has 0 radical (unpaired) electrons. The number of thioether (sulfide) groups is 1. The lowest BCUT2D eigenvalue weighted by Crippen LogP contribution is -2.71. The minimum absolute atomic E-state index is 0.0175. The summed E-state index contributed by atoms with van der Waals surface area (Å²) < 4.78 is 1.74. The highest BCUT2D eigenvalue weighted by molar-refractivity contribution is 8.00. The van der Waals surface area contributed by atoms with Crippen LogP contribution in [0.2, 0.25) is 0 Å². The zero-order valence-corrected chi connectivity index (χ0v) is 17.4. The molecule has 0 bridgehead atoms. The molecule has 1 N–H and O–H groups in total. The highest BCUT2D eigenvalue weighted by Gasteiger charge is 2.53. The number of carboxylic acids is 1. The maximum Gasteiger partial charge on any atom is 0.287 e. The Balaban J connectivity index is 1.48. The van der Waals surface area contributed by atoms with Crippen molar-refractivity contribution in [3.05, 3.63) is 61.0 Å². The van der Waals surface area contributed by atoms with Crippen molar-refractivity contribution in [2.45, 2.75) is 24.4 Å². The molecule has 1 saturated heterocycles. The maximum atomic E-state index is 12.6. The molecule has 4 heterocycles. The molecule has 4 rings (SSSR count). The molecule has 150 valence electrons. The number of β-lactam (4-membered cyclic amide) rings is 1. The number of aromatic nitrogens is 1. The molecule has 2 atom stereocenters. The molecular formula is C18H15N3O5S3. The number of rotatable bonds is 6. The molecule has 8 nitrogen and oxygen atoms in total. The first kappa shape index (κ1) is 19.8. The Morgan fingerprint density at radius 3 is 2.66 bits per heavy atom. The lowest BCUT2D eigenvalue weighted by atomic mass is 10.0. The molecule has 0 aromatic carbocycles. The number of carbonyl (C=O) groups excluding carboxylic acids is 3. The highest BCUT2D eigenvalue weighted by atomic mass is 32.2. The number of carboxylic acid groups (broad SMARTS) is 1. The van der Waals surface area contributed by atoms with E-state index in [2.05, 4.69) is 5.32 Å². The molecule has 29 heavy (non-hydrogen) atoms. The van der Waals surface area contributed by atoms with Gasteiger partial charge in [-0.2, -0.15) is 0 Å². The summed E-state index contributed by atoms with van der Waals surface area (Å²) in [7, 11) is 0. The zero-order valence-electron chi connectivity index (χ0n) is 14.9. The summed E-state index contributed by atoms with van der Waals surface area (Å²) in [5.41, 5.74) is 0.472. The van der Waals surface area contributed by atoms with Crippen LogP contribution in [-0.2, 0) is 27.3 Å². The van der Waals surface area contributed by atoms with E-state index < -0.39 is 23.3 Å². The van der Waals surface area contributed by atoms with Gasteiger partial charge in [-0.1, -0.05) is 28.7 Å². The number of hydrogen-bond acceptors (Lipinski definition) is 8. The van der Waals surface area contributed by atoms with Gasteiger partial charge in [-0.05, 0) is 0 Å². The van der Waals surface area contributed by atoms with E-state index >= 15 is 0 Å². The fraction of sp³-hybridized carbons (Fsp3) is 0.278. The predicted octanol–water partition coefficient (Wildman–Crippen LogP) is -0.896. The molecular weight excluding hydrogens is 434 g/mol. The third kappa shape index (κ3) is 3.98. The molecule has 2 aliphatic rings. The Morgan fingerprint density at radius 1 is 1.24 bits per heavy atom. The molecule has 11 heteroatoms. The van der Waals surface area contributed by atoms with Crippen LogP contribution in [0.15, 0.2) is 52.0 Å². The van der Waals surface area contributed by atoms with Gasteiger partial charge in [-0.25, -0.2) is 4.57 Å². The Hall–Kier alpha value is -2.50. The molecule has 2 unspecified atom stereocenters. The van der Waals surface area contributed by atoms with Crippen LogP contribution in [0.5, 0.6) is 0 Å². The topological polar surface area (TPSA) is 110 Å². The summed E-state index contributed by atoms with van der Waals surface area (Å²) in [5.74, 6) is -1.83. The van der Waals surface area contributed by atoms with Gasteiger partial charge in [0.1, 0.15) is 11.4 Å². The summed E-state index contributed by atoms with van der Waals surface area (Å²) in [5, 5.41) is 15.6. The van der Waals surface area contributed by atoms with Crippen molar-refractivity contribution >= 4 is 52.2 Å². The summed E-state index contributed by atoms with van der Waals surface area (Å²) in [6.45, 7) is 0.335. The molecule has 2 amide bonds. The van der Waals surface area contributed by atoms with Crippen LogP contribution in [0.3, 0.4) is 0 Å². The second-order valence-electron chi connectivity index (χ2n) is 6.47. The van der Waals surface area contributed by atoms with E-state index in [0.717, 1.165) is 22.7 Å². The number of hydrogen-bond donors (Lipinski definition) is 1. The third-order valence-electron chi connectivity index (χ3n) is 4.54. The second kappa shape index (κ2) is 8.09. The maximum absolute atomic E-state index is 12.6. The molecule has 2 aromatic heterocycles. The molecule has 2 aliphatic heterocycles. The van der Waals surface area contributed by atoms with Gasteiger partial charge in [0.2, 0.25) is 5.91 Å².